The molecule has 0 radical (unpaired) electrons. The van der Waals surface area contributed by atoms with E-state index >= 15 is 0 Å². The number of aromatic nitrogens is 2. The minimum atomic E-state index is -0.584. The molecular weight excluding hydrogens is 272 g/mol. The van der Waals surface area contributed by atoms with Gasteiger partial charge in [0.05, 0.1) is 0 Å². The fourth-order valence-electron chi connectivity index (χ4n) is 2.23. The molecule has 21 heavy (non-hydrogen) atoms. The van der Waals surface area contributed by atoms with Crippen LogP contribution in [0.25, 0.3) is 11.4 Å². The minimum absolute atomic E-state index is 0.342. The highest BCUT2D eigenvalue weighted by atomic mass is 19.1. The molecule has 2 N–H and O–H groups in total. The Balaban J connectivity index is 1.94. The molecule has 3 aromatic rings. The van der Waals surface area contributed by atoms with Gasteiger partial charge in [-0.25, -0.2) is 13.8 Å². The molecule has 1 aromatic heterocycles. The molecule has 0 aliphatic heterocycles. The van der Waals surface area contributed by atoms with E-state index in [0.29, 0.717) is 17.8 Å². The quantitative estimate of drug-likeness (QED) is 0.749. The first-order valence-electron chi connectivity index (χ1n) is 6.44. The first-order chi connectivity index (χ1) is 10.1. The summed E-state index contributed by atoms with van der Waals surface area (Å²) in [6, 6.07) is 10.8. The number of nitrogens with two attached hydrogens (primary N) is 1. The van der Waals surface area contributed by atoms with E-state index in [2.05, 4.69) is 4.98 Å². The maximum Gasteiger partial charge on any atom is 0.140 e. The van der Waals surface area contributed by atoms with Gasteiger partial charge >= 0.3 is 0 Å². The molecule has 0 saturated carbocycles. The number of benzene rings is 2. The number of hydrogen-bond donors (Lipinski definition) is 1. The minimum Gasteiger partial charge on any atom is -0.399 e. The number of nitrogen functional groups attached to an aromatic ring is 1. The molecule has 0 unspecified atom stereocenters. The Morgan fingerprint density at radius 3 is 2.33 bits per heavy atom. The zero-order chi connectivity index (χ0) is 14.8. The van der Waals surface area contributed by atoms with E-state index in [-0.39, 0.29) is 0 Å². The lowest BCUT2D eigenvalue weighted by Gasteiger charge is -2.09. The van der Waals surface area contributed by atoms with Gasteiger partial charge in [0, 0.05) is 36.3 Å². The van der Waals surface area contributed by atoms with Crippen molar-refractivity contribution in [2.45, 2.75) is 6.54 Å². The van der Waals surface area contributed by atoms with Crippen LogP contribution in [0, 0.1) is 11.6 Å². The number of anilines is 1. The molecule has 5 heteroatoms. The number of hydrogen-bond acceptors (Lipinski definition) is 2. The van der Waals surface area contributed by atoms with Crippen LogP contribution in [0.4, 0.5) is 14.5 Å². The van der Waals surface area contributed by atoms with Gasteiger partial charge in [0.1, 0.15) is 17.5 Å². The molecule has 0 bridgehead atoms. The summed E-state index contributed by atoms with van der Waals surface area (Å²) in [4.78, 5) is 4.29. The Morgan fingerprint density at radius 2 is 1.67 bits per heavy atom. The lowest BCUT2D eigenvalue weighted by atomic mass is 10.1. The van der Waals surface area contributed by atoms with Crippen molar-refractivity contribution in [3.63, 3.8) is 0 Å². The van der Waals surface area contributed by atoms with E-state index in [1.807, 2.05) is 16.7 Å². The van der Waals surface area contributed by atoms with Crippen LogP contribution in [0.15, 0.2) is 54.9 Å². The van der Waals surface area contributed by atoms with Crippen molar-refractivity contribution in [2.24, 2.45) is 0 Å². The van der Waals surface area contributed by atoms with E-state index in [4.69, 9.17) is 5.73 Å². The Morgan fingerprint density at radius 1 is 1.00 bits per heavy atom. The predicted molar refractivity (Wildman–Crippen MR) is 77.5 cm³/mol. The first-order valence-corrected chi connectivity index (χ1v) is 6.44. The maximum atomic E-state index is 13.2. The molecule has 0 aliphatic rings. The lowest BCUT2D eigenvalue weighted by molar-refractivity contribution is 0.577. The van der Waals surface area contributed by atoms with E-state index in [0.717, 1.165) is 17.5 Å². The SMILES string of the molecule is Nc1ccc(-c2nccn2Cc2cc(F)cc(F)c2)cc1. The molecule has 0 atom stereocenters. The van der Waals surface area contributed by atoms with Crippen LogP contribution in [0.2, 0.25) is 0 Å². The summed E-state index contributed by atoms with van der Waals surface area (Å²) < 4.78 is 28.3. The zero-order valence-corrected chi connectivity index (χ0v) is 11.1. The molecule has 1 heterocycles. The number of nitrogens with zero attached hydrogens (tertiary/aromatic N) is 2. The van der Waals surface area contributed by atoms with Gasteiger partial charge in [-0.1, -0.05) is 0 Å². The van der Waals surface area contributed by atoms with Crippen molar-refractivity contribution in [3.05, 3.63) is 72.1 Å². The Bertz CT molecular complexity index is 743. The molecule has 0 aliphatic carbocycles. The number of halogens is 2. The van der Waals surface area contributed by atoms with Crippen molar-refractivity contribution in [2.75, 3.05) is 5.73 Å². The van der Waals surface area contributed by atoms with Gasteiger partial charge in [0.15, 0.2) is 0 Å². The average Bonchev–Trinajstić information content (AvgIpc) is 2.86. The number of imidazole rings is 1. The zero-order valence-electron chi connectivity index (χ0n) is 11.1. The van der Waals surface area contributed by atoms with Gasteiger partial charge in [0.2, 0.25) is 0 Å². The fourth-order valence-corrected chi connectivity index (χ4v) is 2.23. The van der Waals surface area contributed by atoms with Crippen LogP contribution < -0.4 is 5.73 Å². The van der Waals surface area contributed by atoms with Crippen LogP contribution in [-0.2, 0) is 6.54 Å². The lowest BCUT2D eigenvalue weighted by Crippen LogP contribution is -2.02. The van der Waals surface area contributed by atoms with Crippen LogP contribution in [-0.4, -0.2) is 9.55 Å². The third-order valence-electron chi connectivity index (χ3n) is 3.16. The molecule has 0 saturated heterocycles. The van der Waals surface area contributed by atoms with Crippen LogP contribution in [0.5, 0.6) is 0 Å². The van der Waals surface area contributed by atoms with Gasteiger partial charge < -0.3 is 10.3 Å². The summed E-state index contributed by atoms with van der Waals surface area (Å²) in [5.41, 5.74) is 7.77. The van der Waals surface area contributed by atoms with Crippen LogP contribution >= 0.6 is 0 Å². The Labute approximate surface area is 120 Å². The summed E-state index contributed by atoms with van der Waals surface area (Å²) in [6.07, 6.45) is 3.43. The molecule has 0 amide bonds. The Kier molecular flexibility index (Phi) is 3.39. The molecule has 106 valence electrons. The fraction of sp³-hybridized carbons (Fsp3) is 0.0625. The summed E-state index contributed by atoms with van der Waals surface area (Å²) in [6.45, 7) is 0.342. The van der Waals surface area contributed by atoms with Gasteiger partial charge in [-0.05, 0) is 42.0 Å². The molecular formula is C16H13F2N3. The van der Waals surface area contributed by atoms with E-state index in [1.54, 1.807) is 24.5 Å². The third-order valence-corrected chi connectivity index (χ3v) is 3.16. The van der Waals surface area contributed by atoms with E-state index in [1.165, 1.54) is 12.1 Å². The van der Waals surface area contributed by atoms with E-state index in [9.17, 15) is 8.78 Å². The topological polar surface area (TPSA) is 43.8 Å². The van der Waals surface area contributed by atoms with Gasteiger partial charge in [-0.3, -0.25) is 0 Å². The molecule has 2 aromatic carbocycles. The number of rotatable bonds is 3. The third kappa shape index (κ3) is 2.91. The predicted octanol–water partition coefficient (Wildman–Crippen LogP) is 3.46. The second kappa shape index (κ2) is 5.36. The molecule has 0 fully saturated rings. The maximum absolute atomic E-state index is 13.2. The van der Waals surface area contributed by atoms with Crippen molar-refractivity contribution in [1.29, 1.82) is 0 Å². The summed E-state index contributed by atoms with van der Waals surface area (Å²) in [7, 11) is 0. The Hall–Kier alpha value is -2.69. The van der Waals surface area contributed by atoms with Crippen molar-refractivity contribution >= 4 is 5.69 Å². The highest BCUT2D eigenvalue weighted by Crippen LogP contribution is 2.20. The summed E-state index contributed by atoms with van der Waals surface area (Å²) in [5.74, 6) is -0.446. The smallest absolute Gasteiger partial charge is 0.140 e. The first kappa shape index (κ1) is 13.3. The van der Waals surface area contributed by atoms with Gasteiger partial charge in [-0.2, -0.15) is 0 Å². The van der Waals surface area contributed by atoms with Crippen molar-refractivity contribution in [1.82, 2.24) is 9.55 Å². The second-order valence-corrected chi connectivity index (χ2v) is 4.78. The van der Waals surface area contributed by atoms with E-state index < -0.39 is 11.6 Å². The van der Waals surface area contributed by atoms with Crippen LogP contribution in [0.3, 0.4) is 0 Å². The molecule has 0 spiro atoms. The second-order valence-electron chi connectivity index (χ2n) is 4.78. The van der Waals surface area contributed by atoms with Crippen molar-refractivity contribution in [3.8, 4) is 11.4 Å². The largest absolute Gasteiger partial charge is 0.399 e. The molecule has 3 rings (SSSR count). The summed E-state index contributed by atoms with van der Waals surface area (Å²) in [5, 5.41) is 0. The standard InChI is InChI=1S/C16H13F2N3/c17-13-7-11(8-14(18)9-13)10-21-6-5-20-16(21)12-1-3-15(19)4-2-12/h1-9H,10,19H2. The normalized spacial score (nSPS) is 10.8. The van der Waals surface area contributed by atoms with Crippen molar-refractivity contribution < 1.29 is 8.78 Å². The van der Waals surface area contributed by atoms with Gasteiger partial charge in [0.25, 0.3) is 0 Å². The molecule has 3 nitrogen and oxygen atoms in total. The summed E-state index contributed by atoms with van der Waals surface area (Å²) >= 11 is 0. The van der Waals surface area contributed by atoms with Gasteiger partial charge in [-0.15, -0.1) is 0 Å². The average molecular weight is 285 g/mol. The monoisotopic (exact) mass is 285 g/mol. The van der Waals surface area contributed by atoms with Crippen LogP contribution in [0.1, 0.15) is 5.56 Å². The highest BCUT2D eigenvalue weighted by Gasteiger charge is 2.08. The highest BCUT2D eigenvalue weighted by molar-refractivity contribution is 5.59.